The van der Waals surface area contributed by atoms with Crippen molar-refractivity contribution in [1.82, 2.24) is 0 Å². The molecule has 2 rings (SSSR count). The van der Waals surface area contributed by atoms with Gasteiger partial charge in [0, 0.05) is 11.0 Å². The number of rotatable bonds is 3. The van der Waals surface area contributed by atoms with Crippen molar-refractivity contribution in [3.8, 4) is 0 Å². The highest BCUT2D eigenvalue weighted by Gasteiger charge is 2.17. The summed E-state index contributed by atoms with van der Waals surface area (Å²) in [5, 5.41) is 11.5. The fourth-order valence-electron chi connectivity index (χ4n) is 1.48. The van der Waals surface area contributed by atoms with Crippen LogP contribution in [0.4, 0.5) is 5.69 Å². The minimum Gasteiger partial charge on any atom is -0.258 e. The van der Waals surface area contributed by atoms with E-state index in [1.54, 1.807) is 0 Å². The Bertz CT molecular complexity index is 629. The summed E-state index contributed by atoms with van der Waals surface area (Å²) >= 11 is 13.0. The first-order chi connectivity index (χ1) is 8.97. The van der Waals surface area contributed by atoms with Crippen molar-refractivity contribution in [1.29, 1.82) is 0 Å². The zero-order chi connectivity index (χ0) is 14.0. The molecule has 2 aromatic rings. The molecule has 0 atom stereocenters. The van der Waals surface area contributed by atoms with Crippen LogP contribution in [0.15, 0.2) is 46.2 Å². The number of nitro groups is 1. The van der Waals surface area contributed by atoms with Crippen LogP contribution in [0, 0.1) is 17.0 Å². The first kappa shape index (κ1) is 14.2. The van der Waals surface area contributed by atoms with Crippen molar-refractivity contribution >= 4 is 40.7 Å². The van der Waals surface area contributed by atoms with Crippen LogP contribution in [0.2, 0.25) is 10.0 Å². The third-order valence-electron chi connectivity index (χ3n) is 2.45. The van der Waals surface area contributed by atoms with Crippen molar-refractivity contribution in [3.05, 3.63) is 62.1 Å². The van der Waals surface area contributed by atoms with E-state index in [9.17, 15) is 10.1 Å². The summed E-state index contributed by atoms with van der Waals surface area (Å²) in [4.78, 5) is 11.9. The quantitative estimate of drug-likeness (QED) is 0.565. The maximum Gasteiger partial charge on any atom is 0.284 e. The van der Waals surface area contributed by atoms with Crippen LogP contribution in [0.3, 0.4) is 0 Å². The molecule has 2 aromatic carbocycles. The Labute approximate surface area is 124 Å². The molecule has 19 heavy (non-hydrogen) atoms. The Morgan fingerprint density at radius 1 is 1.11 bits per heavy atom. The van der Waals surface area contributed by atoms with Crippen LogP contribution in [-0.2, 0) is 0 Å². The van der Waals surface area contributed by atoms with Gasteiger partial charge in [0.2, 0.25) is 0 Å². The van der Waals surface area contributed by atoms with Gasteiger partial charge in [-0.1, -0.05) is 52.7 Å². The molecule has 0 saturated heterocycles. The normalized spacial score (nSPS) is 10.5. The minimum atomic E-state index is -0.460. The molecule has 0 saturated carbocycles. The van der Waals surface area contributed by atoms with Crippen LogP contribution in [0.1, 0.15) is 5.56 Å². The van der Waals surface area contributed by atoms with Gasteiger partial charge >= 0.3 is 0 Å². The average molecular weight is 314 g/mol. The second-order valence-electron chi connectivity index (χ2n) is 3.91. The van der Waals surface area contributed by atoms with E-state index in [4.69, 9.17) is 23.2 Å². The lowest BCUT2D eigenvalue weighted by molar-refractivity contribution is -0.387. The summed E-state index contributed by atoms with van der Waals surface area (Å²) < 4.78 is 0. The molecular formula is C13H9Cl2NO2S. The van der Waals surface area contributed by atoms with Gasteiger partial charge in [-0.3, -0.25) is 10.1 Å². The molecule has 0 radical (unpaired) electrons. The molecule has 0 unspecified atom stereocenters. The maximum absolute atomic E-state index is 11.0. The third kappa shape index (κ3) is 3.41. The third-order valence-corrected chi connectivity index (χ3v) is 4.22. The molecule has 0 heterocycles. The fourth-order valence-corrected chi connectivity index (χ4v) is 2.80. The smallest absolute Gasteiger partial charge is 0.258 e. The Morgan fingerprint density at radius 3 is 2.26 bits per heavy atom. The number of aryl methyl sites for hydroxylation is 1. The second-order valence-corrected chi connectivity index (χ2v) is 5.84. The van der Waals surface area contributed by atoms with Crippen LogP contribution < -0.4 is 0 Å². The van der Waals surface area contributed by atoms with E-state index in [0.29, 0.717) is 9.92 Å². The largest absolute Gasteiger partial charge is 0.284 e. The van der Waals surface area contributed by atoms with Gasteiger partial charge in [-0.15, -0.1) is 0 Å². The highest BCUT2D eigenvalue weighted by Crippen LogP contribution is 2.39. The monoisotopic (exact) mass is 313 g/mol. The molecule has 6 heteroatoms. The number of nitro benzene ring substituents is 1. The van der Waals surface area contributed by atoms with E-state index in [1.807, 2.05) is 31.2 Å². The fraction of sp³-hybridized carbons (Fsp3) is 0.0769. The van der Waals surface area contributed by atoms with E-state index in [1.165, 1.54) is 23.9 Å². The number of hydrogen-bond acceptors (Lipinski definition) is 3. The summed E-state index contributed by atoms with van der Waals surface area (Å²) in [7, 11) is 0. The highest BCUT2D eigenvalue weighted by atomic mass is 35.5. The lowest BCUT2D eigenvalue weighted by Gasteiger charge is -2.05. The number of halogens is 2. The van der Waals surface area contributed by atoms with Gasteiger partial charge in [0.1, 0.15) is 0 Å². The second kappa shape index (κ2) is 5.82. The Kier molecular flexibility index (Phi) is 4.34. The summed E-state index contributed by atoms with van der Waals surface area (Å²) in [6, 6.07) is 10.5. The van der Waals surface area contributed by atoms with Crippen LogP contribution in [-0.4, -0.2) is 4.92 Å². The van der Waals surface area contributed by atoms with Crippen LogP contribution in [0.5, 0.6) is 0 Å². The number of nitrogens with zero attached hydrogens (tertiary/aromatic N) is 1. The Morgan fingerprint density at radius 2 is 1.68 bits per heavy atom. The molecule has 98 valence electrons. The maximum atomic E-state index is 11.0. The van der Waals surface area contributed by atoms with Crippen molar-refractivity contribution in [2.45, 2.75) is 16.7 Å². The molecule has 3 nitrogen and oxygen atoms in total. The van der Waals surface area contributed by atoms with Crippen molar-refractivity contribution in [2.75, 3.05) is 0 Å². The van der Waals surface area contributed by atoms with Gasteiger partial charge in [-0.25, -0.2) is 0 Å². The summed E-state index contributed by atoms with van der Waals surface area (Å²) in [6.45, 7) is 1.98. The minimum absolute atomic E-state index is 0.0417. The molecule has 0 aliphatic heterocycles. The molecule has 0 fully saturated rings. The first-order valence-corrected chi connectivity index (χ1v) is 6.92. The number of benzene rings is 2. The van der Waals surface area contributed by atoms with Gasteiger partial charge in [0.25, 0.3) is 5.69 Å². The van der Waals surface area contributed by atoms with Gasteiger partial charge in [-0.2, -0.15) is 0 Å². The topological polar surface area (TPSA) is 43.1 Å². The summed E-state index contributed by atoms with van der Waals surface area (Å²) in [5.41, 5.74) is 1.09. The zero-order valence-electron chi connectivity index (χ0n) is 9.89. The average Bonchev–Trinajstić information content (AvgIpc) is 2.36. The summed E-state index contributed by atoms with van der Waals surface area (Å²) in [6.07, 6.45) is 0. The van der Waals surface area contributed by atoms with Crippen molar-refractivity contribution in [3.63, 3.8) is 0 Å². The van der Waals surface area contributed by atoms with Gasteiger partial charge in [0.15, 0.2) is 0 Å². The number of hydrogen-bond donors (Lipinski definition) is 0. The molecule has 0 spiro atoms. The Hall–Kier alpha value is -1.23. The van der Waals surface area contributed by atoms with E-state index < -0.39 is 4.92 Å². The van der Waals surface area contributed by atoms with Crippen molar-refractivity contribution < 1.29 is 4.92 Å². The molecule has 0 aromatic heterocycles. The molecular weight excluding hydrogens is 305 g/mol. The SMILES string of the molecule is Cc1ccc(Sc2cc(Cl)c(Cl)cc2[N+](=O)[O-])cc1. The van der Waals surface area contributed by atoms with Gasteiger partial charge in [0.05, 0.1) is 19.9 Å². The lowest BCUT2D eigenvalue weighted by Crippen LogP contribution is -1.91. The van der Waals surface area contributed by atoms with E-state index in [2.05, 4.69) is 0 Å². The van der Waals surface area contributed by atoms with E-state index >= 15 is 0 Å². The van der Waals surface area contributed by atoms with Gasteiger partial charge in [-0.05, 0) is 25.1 Å². The van der Waals surface area contributed by atoms with Gasteiger partial charge < -0.3 is 0 Å². The molecule has 0 aliphatic carbocycles. The first-order valence-electron chi connectivity index (χ1n) is 5.35. The summed E-state index contributed by atoms with van der Waals surface area (Å²) in [5.74, 6) is 0. The highest BCUT2D eigenvalue weighted by molar-refractivity contribution is 7.99. The molecule has 0 amide bonds. The molecule has 0 N–H and O–H groups in total. The zero-order valence-corrected chi connectivity index (χ0v) is 12.2. The molecule has 0 bridgehead atoms. The van der Waals surface area contributed by atoms with Crippen LogP contribution >= 0.6 is 35.0 Å². The molecule has 0 aliphatic rings. The predicted octanol–water partition coefficient (Wildman–Crippen LogP) is 5.36. The van der Waals surface area contributed by atoms with Crippen LogP contribution in [0.25, 0.3) is 0 Å². The predicted molar refractivity (Wildman–Crippen MR) is 78.4 cm³/mol. The Balaban J connectivity index is 2.41. The van der Waals surface area contributed by atoms with E-state index in [0.717, 1.165) is 10.5 Å². The standard InChI is InChI=1S/C13H9Cl2NO2S/c1-8-2-4-9(5-3-8)19-13-7-11(15)10(14)6-12(13)16(17)18/h2-7H,1H3. The lowest BCUT2D eigenvalue weighted by atomic mass is 10.2. The van der Waals surface area contributed by atoms with E-state index in [-0.39, 0.29) is 10.7 Å². The van der Waals surface area contributed by atoms with Crippen molar-refractivity contribution in [2.24, 2.45) is 0 Å².